The van der Waals surface area contributed by atoms with Gasteiger partial charge >= 0.3 is 0 Å². The van der Waals surface area contributed by atoms with Crippen LogP contribution >= 0.6 is 0 Å². The Morgan fingerprint density at radius 3 is 0.943 bits per heavy atom. The van der Waals surface area contributed by atoms with Gasteiger partial charge in [-0.3, -0.25) is 9.59 Å². The van der Waals surface area contributed by atoms with E-state index in [1.54, 1.807) is 0 Å². The van der Waals surface area contributed by atoms with E-state index in [1.165, 1.54) is 0 Å². The zero-order valence-electron chi connectivity index (χ0n) is 29.5. The highest BCUT2D eigenvalue weighted by molar-refractivity contribution is 6.08. The SMILES string of the molecule is O=C(N[C@H](Cc1ccccc1)C(O)(c1ccccc1)c1ccccc1)C1(C(=O)N[C@H](Cc2ccccc2)C(O)(c2ccccc2)c2ccccc2)CC1. The molecule has 2 atom stereocenters. The Hall–Kier alpha value is -5.82. The zero-order valence-corrected chi connectivity index (χ0v) is 29.5. The van der Waals surface area contributed by atoms with Gasteiger partial charge in [0.1, 0.15) is 16.6 Å². The molecule has 1 aliphatic carbocycles. The number of carbonyl (C=O) groups excluding carboxylic acids is 2. The molecule has 0 saturated heterocycles. The van der Waals surface area contributed by atoms with Gasteiger partial charge in [-0.15, -0.1) is 0 Å². The van der Waals surface area contributed by atoms with Crippen molar-refractivity contribution in [1.82, 2.24) is 10.6 Å². The molecule has 0 spiro atoms. The number of amides is 2. The highest BCUT2D eigenvalue weighted by atomic mass is 16.3. The summed E-state index contributed by atoms with van der Waals surface area (Å²) in [6.45, 7) is 0. The zero-order chi connectivity index (χ0) is 36.7. The third-order valence-corrected chi connectivity index (χ3v) is 10.7. The molecular formula is C47H44N2O4. The molecule has 266 valence electrons. The standard InChI is InChI=1S/C47H44N2O4/c50-43(48-41(33-35-19-7-1-8-20-35)46(52,37-23-11-3-12-24-37)38-25-13-4-14-26-38)45(31-32-45)44(51)49-42(34-36-21-9-2-10-22-36)47(53,39-27-15-5-16-28-39)40-29-17-6-18-30-40/h1-30,41-42,52-53H,31-34H2,(H,48,50)(H,49,51)/t41-,42-/m1/s1. The number of aliphatic hydroxyl groups is 2. The van der Waals surface area contributed by atoms with Crippen molar-refractivity contribution in [2.24, 2.45) is 5.41 Å². The molecule has 0 aromatic heterocycles. The van der Waals surface area contributed by atoms with Crippen molar-refractivity contribution in [2.75, 3.05) is 0 Å². The van der Waals surface area contributed by atoms with E-state index in [9.17, 15) is 19.8 Å². The van der Waals surface area contributed by atoms with Gasteiger partial charge in [-0.1, -0.05) is 182 Å². The summed E-state index contributed by atoms with van der Waals surface area (Å²) in [5.41, 5.74) is -0.282. The Labute approximate surface area is 311 Å². The first-order chi connectivity index (χ1) is 25.8. The van der Waals surface area contributed by atoms with Crippen molar-refractivity contribution in [3.63, 3.8) is 0 Å². The molecule has 53 heavy (non-hydrogen) atoms. The van der Waals surface area contributed by atoms with Crippen molar-refractivity contribution < 1.29 is 19.8 Å². The minimum atomic E-state index is -1.63. The fraction of sp³-hybridized carbons (Fsp3) is 0.191. The second kappa shape index (κ2) is 15.4. The van der Waals surface area contributed by atoms with Gasteiger partial charge in [-0.2, -0.15) is 0 Å². The lowest BCUT2D eigenvalue weighted by atomic mass is 9.77. The highest BCUT2D eigenvalue weighted by Crippen LogP contribution is 2.48. The average molecular weight is 701 g/mol. The number of hydrogen-bond donors (Lipinski definition) is 4. The summed E-state index contributed by atoms with van der Waals surface area (Å²) in [5.74, 6) is -0.912. The second-order valence-electron chi connectivity index (χ2n) is 14.0. The van der Waals surface area contributed by atoms with Crippen LogP contribution in [0.2, 0.25) is 0 Å². The van der Waals surface area contributed by atoms with Crippen molar-refractivity contribution in [1.29, 1.82) is 0 Å². The Balaban J connectivity index is 1.25. The van der Waals surface area contributed by atoms with Crippen molar-refractivity contribution >= 4 is 11.8 Å². The average Bonchev–Trinajstić information content (AvgIpc) is 4.05. The smallest absolute Gasteiger partial charge is 0.236 e. The van der Waals surface area contributed by atoms with Gasteiger partial charge < -0.3 is 20.8 Å². The predicted octanol–water partition coefficient (Wildman–Crippen LogP) is 7.09. The summed E-state index contributed by atoms with van der Waals surface area (Å²) in [7, 11) is 0. The molecule has 2 amide bonds. The van der Waals surface area contributed by atoms with Crippen LogP contribution in [0.15, 0.2) is 182 Å². The normalized spacial score (nSPS) is 14.8. The maximum absolute atomic E-state index is 14.7. The van der Waals surface area contributed by atoms with Gasteiger partial charge in [0, 0.05) is 0 Å². The molecule has 4 N–H and O–H groups in total. The third kappa shape index (κ3) is 7.29. The minimum Gasteiger partial charge on any atom is -0.378 e. The molecule has 7 rings (SSSR count). The van der Waals surface area contributed by atoms with Gasteiger partial charge in [-0.05, 0) is 59.1 Å². The van der Waals surface area contributed by atoms with Crippen LogP contribution in [0.4, 0.5) is 0 Å². The van der Waals surface area contributed by atoms with Crippen LogP contribution < -0.4 is 10.6 Å². The van der Waals surface area contributed by atoms with Gasteiger partial charge in [0.05, 0.1) is 12.1 Å². The summed E-state index contributed by atoms with van der Waals surface area (Å²) in [6.07, 6.45) is 1.29. The molecular weight excluding hydrogens is 657 g/mol. The van der Waals surface area contributed by atoms with Crippen LogP contribution in [-0.4, -0.2) is 34.1 Å². The Morgan fingerprint density at radius 2 is 0.698 bits per heavy atom. The molecule has 6 heteroatoms. The van der Waals surface area contributed by atoms with Crippen LogP contribution in [0.3, 0.4) is 0 Å². The molecule has 0 heterocycles. The summed E-state index contributed by atoms with van der Waals surface area (Å²) < 4.78 is 0. The molecule has 6 aromatic carbocycles. The Morgan fingerprint density at radius 1 is 0.453 bits per heavy atom. The highest BCUT2D eigenvalue weighted by Gasteiger charge is 2.59. The monoisotopic (exact) mass is 700 g/mol. The van der Waals surface area contributed by atoms with E-state index in [2.05, 4.69) is 10.6 Å². The lowest BCUT2D eigenvalue weighted by Gasteiger charge is -2.40. The summed E-state index contributed by atoms with van der Waals surface area (Å²) >= 11 is 0. The largest absolute Gasteiger partial charge is 0.378 e. The van der Waals surface area contributed by atoms with Crippen molar-refractivity contribution in [3.8, 4) is 0 Å². The summed E-state index contributed by atoms with van der Waals surface area (Å²) in [4.78, 5) is 29.3. The first kappa shape index (κ1) is 35.6. The van der Waals surface area contributed by atoms with Gasteiger partial charge in [0.25, 0.3) is 0 Å². The molecule has 1 fully saturated rings. The quantitative estimate of drug-likeness (QED) is 0.0913. The summed E-state index contributed by atoms with van der Waals surface area (Å²) in [5, 5.41) is 32.1. The predicted molar refractivity (Wildman–Crippen MR) is 208 cm³/mol. The minimum absolute atomic E-state index is 0.308. The molecule has 0 unspecified atom stereocenters. The number of benzene rings is 6. The van der Waals surface area contributed by atoms with Crippen molar-refractivity contribution in [2.45, 2.75) is 49.0 Å². The molecule has 0 radical (unpaired) electrons. The topological polar surface area (TPSA) is 98.7 Å². The maximum atomic E-state index is 14.7. The van der Waals surface area contributed by atoms with E-state index in [0.717, 1.165) is 11.1 Å². The van der Waals surface area contributed by atoms with Crippen LogP contribution in [-0.2, 0) is 33.6 Å². The molecule has 1 aliphatic rings. The number of rotatable bonds is 14. The van der Waals surface area contributed by atoms with E-state index in [-0.39, 0.29) is 0 Å². The third-order valence-electron chi connectivity index (χ3n) is 10.7. The Kier molecular flexibility index (Phi) is 10.4. The van der Waals surface area contributed by atoms with E-state index < -0.39 is 40.5 Å². The lowest BCUT2D eigenvalue weighted by Crippen LogP contribution is -2.58. The molecule has 0 bridgehead atoms. The fourth-order valence-corrected chi connectivity index (χ4v) is 7.49. The van der Waals surface area contributed by atoms with Gasteiger partial charge in [0.15, 0.2) is 0 Å². The van der Waals surface area contributed by atoms with Crippen LogP contribution in [0, 0.1) is 5.41 Å². The molecule has 6 nitrogen and oxygen atoms in total. The van der Waals surface area contributed by atoms with Crippen LogP contribution in [0.25, 0.3) is 0 Å². The fourth-order valence-electron chi connectivity index (χ4n) is 7.49. The van der Waals surface area contributed by atoms with Gasteiger partial charge in [0.2, 0.25) is 11.8 Å². The lowest BCUT2D eigenvalue weighted by molar-refractivity contribution is -0.140. The molecule has 1 saturated carbocycles. The number of nitrogens with one attached hydrogen (secondary N) is 2. The summed E-state index contributed by atoms with van der Waals surface area (Å²) in [6, 6.07) is 55.2. The van der Waals surface area contributed by atoms with E-state index in [0.29, 0.717) is 47.9 Å². The van der Waals surface area contributed by atoms with Crippen LogP contribution in [0.1, 0.15) is 46.2 Å². The first-order valence-electron chi connectivity index (χ1n) is 18.2. The van der Waals surface area contributed by atoms with Crippen LogP contribution in [0.5, 0.6) is 0 Å². The maximum Gasteiger partial charge on any atom is 0.236 e. The van der Waals surface area contributed by atoms with E-state index >= 15 is 0 Å². The molecule has 0 aliphatic heterocycles. The Bertz CT molecular complexity index is 1860. The molecule has 6 aromatic rings. The first-order valence-corrected chi connectivity index (χ1v) is 18.2. The second-order valence-corrected chi connectivity index (χ2v) is 14.0. The number of carbonyl (C=O) groups is 2. The number of hydrogen-bond acceptors (Lipinski definition) is 4. The van der Waals surface area contributed by atoms with Crippen molar-refractivity contribution in [3.05, 3.63) is 215 Å². The van der Waals surface area contributed by atoms with E-state index in [4.69, 9.17) is 0 Å². The van der Waals surface area contributed by atoms with Gasteiger partial charge in [-0.25, -0.2) is 0 Å². The van der Waals surface area contributed by atoms with E-state index in [1.807, 2.05) is 182 Å².